The molecule has 0 heteroatoms. The first kappa shape index (κ1) is 35.7. The van der Waals surface area contributed by atoms with Crippen LogP contribution in [-0.2, 0) is 0 Å². The molecule has 0 amide bonds. The summed E-state index contributed by atoms with van der Waals surface area (Å²) in [6, 6.07) is 8.71. The SMILES string of the molecule is C=C(C)C1CC=C(C)CC1.CC1=CCC(=C(C)C)CC1.CC1=CCC(C(C)C)=CC1.Cc1ccc(C(C)C)cc1.[2HH]. The summed E-state index contributed by atoms with van der Waals surface area (Å²) < 4.78 is 0. The maximum Gasteiger partial charge on any atom is 0 e. The molecule has 4 rings (SSSR count). The van der Waals surface area contributed by atoms with Gasteiger partial charge in [-0.15, -0.1) is 0 Å². The van der Waals surface area contributed by atoms with Crippen molar-refractivity contribution in [2.45, 2.75) is 133 Å². The molecule has 0 fully saturated rings. The second-order valence-corrected chi connectivity index (χ2v) is 13.2. The van der Waals surface area contributed by atoms with Crippen molar-refractivity contribution in [2.24, 2.45) is 11.8 Å². The summed E-state index contributed by atoms with van der Waals surface area (Å²) in [5.41, 5.74) is 13.5. The molecule has 1 unspecified atom stereocenters. The maximum atomic E-state index is 3.97. The van der Waals surface area contributed by atoms with E-state index in [0.717, 1.165) is 11.8 Å². The average molecular weight is 546 g/mol. The molecule has 0 saturated heterocycles. The first-order valence-electron chi connectivity index (χ1n) is 15.8. The lowest BCUT2D eigenvalue weighted by atomic mass is 9.86. The Morgan fingerprint density at radius 2 is 1.30 bits per heavy atom. The molecule has 224 valence electrons. The lowest BCUT2D eigenvalue weighted by Crippen LogP contribution is -2.04. The Bertz CT molecular complexity index is 1060. The fourth-order valence-electron chi connectivity index (χ4n) is 4.89. The van der Waals surface area contributed by atoms with Crippen LogP contribution in [0.15, 0.2) is 94.2 Å². The van der Waals surface area contributed by atoms with Crippen LogP contribution in [0.1, 0.15) is 139 Å². The fourth-order valence-corrected chi connectivity index (χ4v) is 4.89. The van der Waals surface area contributed by atoms with Gasteiger partial charge in [-0.25, -0.2) is 0 Å². The molecule has 0 saturated carbocycles. The van der Waals surface area contributed by atoms with E-state index in [1.807, 2.05) is 0 Å². The largest absolute Gasteiger partial charge is 0.0998 e. The van der Waals surface area contributed by atoms with E-state index in [1.54, 1.807) is 22.3 Å². The number of allylic oxidation sites excluding steroid dienone is 11. The molecule has 0 spiro atoms. The van der Waals surface area contributed by atoms with Crippen LogP contribution in [0, 0.1) is 18.8 Å². The predicted molar refractivity (Wildman–Crippen MR) is 185 cm³/mol. The third-order valence-corrected chi connectivity index (χ3v) is 8.42. The molecule has 0 radical (unpaired) electrons. The molecule has 0 nitrogen and oxygen atoms in total. The van der Waals surface area contributed by atoms with E-state index in [2.05, 4.69) is 131 Å². The molecule has 1 aromatic rings. The molecule has 0 bridgehead atoms. The predicted octanol–water partition coefficient (Wildman–Crippen LogP) is 13.4. The highest BCUT2D eigenvalue weighted by Crippen LogP contribution is 2.27. The van der Waals surface area contributed by atoms with Crippen molar-refractivity contribution in [3.63, 3.8) is 0 Å². The monoisotopic (exact) mass is 546 g/mol. The molecule has 0 aliphatic heterocycles. The number of hydrogen-bond donors (Lipinski definition) is 0. The Balaban J connectivity index is 0.000000516. The van der Waals surface area contributed by atoms with E-state index in [1.165, 1.54) is 79.2 Å². The van der Waals surface area contributed by atoms with Crippen LogP contribution < -0.4 is 0 Å². The lowest BCUT2D eigenvalue weighted by molar-refractivity contribution is 0.540. The molecule has 0 heterocycles. The molecule has 3 aliphatic carbocycles. The highest BCUT2D eigenvalue weighted by Gasteiger charge is 2.12. The number of hydrogen-bond acceptors (Lipinski definition) is 0. The molecule has 0 N–H and O–H groups in total. The van der Waals surface area contributed by atoms with Gasteiger partial charge in [-0.1, -0.05) is 127 Å². The van der Waals surface area contributed by atoms with Gasteiger partial charge in [0.1, 0.15) is 0 Å². The van der Waals surface area contributed by atoms with E-state index in [9.17, 15) is 0 Å². The van der Waals surface area contributed by atoms with Crippen LogP contribution in [0.2, 0.25) is 0 Å². The number of aryl methyl sites for hydroxylation is 1. The van der Waals surface area contributed by atoms with Crippen molar-refractivity contribution in [3.05, 3.63) is 105 Å². The number of rotatable bonds is 3. The van der Waals surface area contributed by atoms with Crippen molar-refractivity contribution in [1.29, 1.82) is 0 Å². The fraction of sp³-hybridized carbons (Fsp3) is 0.550. The quantitative estimate of drug-likeness (QED) is 0.331. The van der Waals surface area contributed by atoms with Gasteiger partial charge in [0.05, 0.1) is 0 Å². The normalized spacial score (nSPS) is 18.4. The van der Waals surface area contributed by atoms with Gasteiger partial charge in [0.2, 0.25) is 0 Å². The topological polar surface area (TPSA) is 0 Å². The summed E-state index contributed by atoms with van der Waals surface area (Å²) in [5.74, 6) is 2.16. The molecular formula is C40H64. The van der Waals surface area contributed by atoms with Crippen LogP contribution in [0.25, 0.3) is 0 Å². The van der Waals surface area contributed by atoms with E-state index in [4.69, 9.17) is 0 Å². The zero-order chi connectivity index (χ0) is 30.2. The van der Waals surface area contributed by atoms with Crippen LogP contribution >= 0.6 is 0 Å². The van der Waals surface area contributed by atoms with Crippen molar-refractivity contribution in [1.82, 2.24) is 0 Å². The third-order valence-electron chi connectivity index (χ3n) is 8.42. The van der Waals surface area contributed by atoms with E-state index in [0.29, 0.717) is 5.92 Å². The Kier molecular flexibility index (Phi) is 16.9. The zero-order valence-corrected chi connectivity index (χ0v) is 28.2. The third kappa shape index (κ3) is 14.9. The molecule has 3 aliphatic rings. The minimum absolute atomic E-state index is 0. The minimum Gasteiger partial charge on any atom is -0.0998 e. The van der Waals surface area contributed by atoms with Crippen LogP contribution in [0.5, 0.6) is 0 Å². The van der Waals surface area contributed by atoms with Gasteiger partial charge in [0.15, 0.2) is 0 Å². The summed E-state index contributed by atoms with van der Waals surface area (Å²) in [5, 5.41) is 0. The van der Waals surface area contributed by atoms with E-state index in [-0.39, 0.29) is 1.43 Å². The van der Waals surface area contributed by atoms with Crippen LogP contribution in [0.3, 0.4) is 0 Å². The Labute approximate surface area is 251 Å². The summed E-state index contributed by atoms with van der Waals surface area (Å²) in [4.78, 5) is 0. The van der Waals surface area contributed by atoms with Gasteiger partial charge in [-0.05, 0) is 123 Å². The van der Waals surface area contributed by atoms with E-state index < -0.39 is 0 Å². The Morgan fingerprint density at radius 1 is 0.700 bits per heavy atom. The Morgan fingerprint density at radius 3 is 1.70 bits per heavy atom. The lowest BCUT2D eigenvalue weighted by Gasteiger charge is -2.19. The van der Waals surface area contributed by atoms with Gasteiger partial charge >= 0.3 is 0 Å². The van der Waals surface area contributed by atoms with Crippen LogP contribution in [-0.4, -0.2) is 0 Å². The van der Waals surface area contributed by atoms with Gasteiger partial charge in [0.25, 0.3) is 0 Å². The van der Waals surface area contributed by atoms with Gasteiger partial charge in [-0.3, -0.25) is 0 Å². The first-order valence-corrected chi connectivity index (χ1v) is 15.8. The number of benzene rings is 1. The Hall–Kier alpha value is -2.34. The molecule has 0 aromatic heterocycles. The summed E-state index contributed by atoms with van der Waals surface area (Å²) in [7, 11) is 0. The summed E-state index contributed by atoms with van der Waals surface area (Å²) in [6.07, 6.45) is 19.4. The molecule has 40 heavy (non-hydrogen) atoms. The second kappa shape index (κ2) is 18.9. The smallest absolute Gasteiger partial charge is 0 e. The minimum atomic E-state index is 0. The highest BCUT2D eigenvalue weighted by molar-refractivity contribution is 5.24. The highest BCUT2D eigenvalue weighted by atomic mass is 14.2. The second-order valence-electron chi connectivity index (χ2n) is 13.2. The van der Waals surface area contributed by atoms with Crippen molar-refractivity contribution >= 4 is 0 Å². The van der Waals surface area contributed by atoms with Crippen molar-refractivity contribution < 1.29 is 1.43 Å². The van der Waals surface area contributed by atoms with Gasteiger partial charge in [-0.2, -0.15) is 0 Å². The van der Waals surface area contributed by atoms with Crippen molar-refractivity contribution in [3.8, 4) is 0 Å². The molecule has 1 atom stereocenters. The van der Waals surface area contributed by atoms with Gasteiger partial charge < -0.3 is 0 Å². The van der Waals surface area contributed by atoms with Crippen LogP contribution in [0.4, 0.5) is 0 Å². The summed E-state index contributed by atoms with van der Waals surface area (Å²) >= 11 is 0. The molecular weight excluding hydrogens is 480 g/mol. The first-order chi connectivity index (χ1) is 18.8. The van der Waals surface area contributed by atoms with Gasteiger partial charge in [0, 0.05) is 1.43 Å². The summed E-state index contributed by atoms with van der Waals surface area (Å²) in [6.45, 7) is 28.2. The zero-order valence-electron chi connectivity index (χ0n) is 28.2. The standard InChI is InChI=1S/3C10H16.C10H14.H2/c4*1-8(2)10-6-4-9(3)5-7-10;/h4H,5-7H2,1-3H3;4,7-8H,5-6H2,1-3H3;4,10H,1,5-7H2,2-3H3;4-8H,1-3H3;1H/i;;;;1+1. The average Bonchev–Trinajstić information content (AvgIpc) is 2.91. The molecule has 1 aromatic carbocycles. The van der Waals surface area contributed by atoms with Crippen molar-refractivity contribution in [2.75, 3.05) is 0 Å². The maximum absolute atomic E-state index is 3.97. The van der Waals surface area contributed by atoms with E-state index >= 15 is 0 Å².